The number of anilines is 1. The number of carbonyl (C=O) groups is 1. The van der Waals surface area contributed by atoms with E-state index in [1.165, 1.54) is 43.5 Å². The number of carbonyl (C=O) groups excluding carboxylic acids is 1. The van der Waals surface area contributed by atoms with Gasteiger partial charge < -0.3 is 9.47 Å². The Balaban J connectivity index is 1.97. The number of methoxy groups -OCH3 is 1. The molecular formula is C25H26ClNO5S. The quantitative estimate of drug-likeness (QED) is 0.443. The van der Waals surface area contributed by atoms with Crippen LogP contribution in [0.15, 0.2) is 77.7 Å². The number of halogens is 1. The van der Waals surface area contributed by atoms with Crippen molar-refractivity contribution in [1.29, 1.82) is 0 Å². The first-order valence-corrected chi connectivity index (χ1v) is 12.1. The Morgan fingerprint density at radius 1 is 0.939 bits per heavy atom. The summed E-state index contributed by atoms with van der Waals surface area (Å²) >= 11 is 5.91. The molecule has 1 amide bonds. The number of rotatable bonds is 7. The van der Waals surface area contributed by atoms with Crippen LogP contribution in [0.25, 0.3) is 0 Å². The van der Waals surface area contributed by atoms with Gasteiger partial charge in [0, 0.05) is 5.02 Å². The number of nitrogens with zero attached hydrogens (tertiary/aromatic N) is 1. The molecule has 3 rings (SSSR count). The summed E-state index contributed by atoms with van der Waals surface area (Å²) in [7, 11) is -2.73. The minimum absolute atomic E-state index is 0.0637. The number of hydrogen-bond donors (Lipinski definition) is 0. The highest BCUT2D eigenvalue weighted by atomic mass is 35.5. The van der Waals surface area contributed by atoms with Crippen LogP contribution in [0, 0.1) is 0 Å². The molecule has 0 atom stereocenters. The van der Waals surface area contributed by atoms with E-state index in [1.807, 2.05) is 32.9 Å². The lowest BCUT2D eigenvalue weighted by atomic mass is 9.86. The van der Waals surface area contributed by atoms with Gasteiger partial charge in [0.2, 0.25) is 0 Å². The molecule has 0 radical (unpaired) electrons. The molecule has 0 aliphatic heterocycles. The molecule has 0 heterocycles. The lowest BCUT2D eigenvalue weighted by molar-refractivity contribution is -0.119. The van der Waals surface area contributed by atoms with Crippen LogP contribution in [0.2, 0.25) is 5.02 Å². The molecule has 6 nitrogen and oxygen atoms in total. The summed E-state index contributed by atoms with van der Waals surface area (Å²) in [6.07, 6.45) is 0. The van der Waals surface area contributed by atoms with E-state index < -0.39 is 22.5 Å². The van der Waals surface area contributed by atoms with Gasteiger partial charge in [-0.25, -0.2) is 8.42 Å². The normalized spacial score (nSPS) is 11.7. The molecule has 0 N–H and O–H groups in total. The van der Waals surface area contributed by atoms with E-state index in [2.05, 4.69) is 0 Å². The maximum absolute atomic E-state index is 13.5. The number of ether oxygens (including phenoxy) is 2. The SMILES string of the molecule is COc1ccc(N(C(=O)COc2ccccc2C(C)(C)C)S(=O)(=O)c2ccc(Cl)cc2)cc1. The molecule has 0 aliphatic rings. The zero-order valence-electron chi connectivity index (χ0n) is 18.9. The van der Waals surface area contributed by atoms with Crippen LogP contribution in [0.4, 0.5) is 5.69 Å². The highest BCUT2D eigenvalue weighted by Crippen LogP contribution is 2.32. The van der Waals surface area contributed by atoms with Crippen molar-refractivity contribution in [3.8, 4) is 11.5 Å². The Labute approximate surface area is 199 Å². The van der Waals surface area contributed by atoms with Gasteiger partial charge in [0.25, 0.3) is 15.9 Å². The number of benzene rings is 3. The van der Waals surface area contributed by atoms with Gasteiger partial charge in [-0.15, -0.1) is 0 Å². The first-order chi connectivity index (χ1) is 15.5. The van der Waals surface area contributed by atoms with Crippen LogP contribution in [-0.4, -0.2) is 28.0 Å². The Morgan fingerprint density at radius 2 is 1.55 bits per heavy atom. The van der Waals surface area contributed by atoms with E-state index in [9.17, 15) is 13.2 Å². The van der Waals surface area contributed by atoms with Gasteiger partial charge in [-0.3, -0.25) is 4.79 Å². The van der Waals surface area contributed by atoms with Crippen LogP contribution in [-0.2, 0) is 20.2 Å². The zero-order valence-corrected chi connectivity index (χ0v) is 20.5. The summed E-state index contributed by atoms with van der Waals surface area (Å²) in [5.74, 6) is 0.321. The van der Waals surface area contributed by atoms with Crippen molar-refractivity contribution < 1.29 is 22.7 Å². The summed E-state index contributed by atoms with van der Waals surface area (Å²) in [6.45, 7) is 5.63. The molecule has 0 fully saturated rings. The van der Waals surface area contributed by atoms with Crippen LogP contribution in [0.5, 0.6) is 11.5 Å². The number of para-hydroxylation sites is 1. The van der Waals surface area contributed by atoms with Gasteiger partial charge in [0.1, 0.15) is 11.5 Å². The van der Waals surface area contributed by atoms with E-state index in [1.54, 1.807) is 24.3 Å². The fourth-order valence-corrected chi connectivity index (χ4v) is 4.79. The second kappa shape index (κ2) is 9.85. The molecule has 0 bridgehead atoms. The van der Waals surface area contributed by atoms with Crippen molar-refractivity contribution in [3.63, 3.8) is 0 Å². The lowest BCUT2D eigenvalue weighted by Gasteiger charge is -2.25. The maximum atomic E-state index is 13.5. The molecule has 0 saturated heterocycles. The number of hydrogen-bond acceptors (Lipinski definition) is 5. The summed E-state index contributed by atoms with van der Waals surface area (Å²) in [5, 5.41) is 0.387. The molecule has 0 unspecified atom stereocenters. The maximum Gasteiger partial charge on any atom is 0.278 e. The van der Waals surface area contributed by atoms with Crippen molar-refractivity contribution in [2.75, 3.05) is 18.0 Å². The monoisotopic (exact) mass is 487 g/mol. The second-order valence-electron chi connectivity index (χ2n) is 8.35. The van der Waals surface area contributed by atoms with E-state index >= 15 is 0 Å². The van der Waals surface area contributed by atoms with E-state index in [4.69, 9.17) is 21.1 Å². The predicted molar refractivity (Wildman–Crippen MR) is 130 cm³/mol. The van der Waals surface area contributed by atoms with Crippen molar-refractivity contribution in [2.45, 2.75) is 31.1 Å². The third kappa shape index (κ3) is 5.67. The van der Waals surface area contributed by atoms with Gasteiger partial charge in [0.05, 0.1) is 17.7 Å². The van der Waals surface area contributed by atoms with Crippen molar-refractivity contribution >= 4 is 33.2 Å². The molecular weight excluding hydrogens is 462 g/mol. The Bertz CT molecular complexity index is 1220. The van der Waals surface area contributed by atoms with Crippen molar-refractivity contribution in [1.82, 2.24) is 0 Å². The third-order valence-electron chi connectivity index (χ3n) is 4.93. The summed E-state index contributed by atoms with van der Waals surface area (Å²) in [5.41, 5.74) is 0.864. The van der Waals surface area contributed by atoms with Gasteiger partial charge in [0.15, 0.2) is 6.61 Å². The molecule has 0 aliphatic carbocycles. The van der Waals surface area contributed by atoms with Gasteiger partial charge >= 0.3 is 0 Å². The van der Waals surface area contributed by atoms with Crippen molar-refractivity contribution in [2.24, 2.45) is 0 Å². The molecule has 8 heteroatoms. The topological polar surface area (TPSA) is 72.9 Å². The van der Waals surface area contributed by atoms with E-state index in [0.29, 0.717) is 16.5 Å². The Morgan fingerprint density at radius 3 is 2.12 bits per heavy atom. The van der Waals surface area contributed by atoms with Crippen LogP contribution < -0.4 is 13.8 Å². The molecule has 3 aromatic rings. The predicted octanol–water partition coefficient (Wildman–Crippen LogP) is 5.45. The molecule has 0 saturated carbocycles. The van der Waals surface area contributed by atoms with Crippen molar-refractivity contribution in [3.05, 3.63) is 83.4 Å². The molecule has 174 valence electrons. The first kappa shape index (κ1) is 24.6. The van der Waals surface area contributed by atoms with Gasteiger partial charge in [-0.05, 0) is 65.6 Å². The molecule has 33 heavy (non-hydrogen) atoms. The Hall–Kier alpha value is -3.03. The lowest BCUT2D eigenvalue weighted by Crippen LogP contribution is -2.40. The largest absolute Gasteiger partial charge is 0.497 e. The van der Waals surface area contributed by atoms with Crippen LogP contribution in [0.1, 0.15) is 26.3 Å². The first-order valence-electron chi connectivity index (χ1n) is 10.2. The average Bonchev–Trinajstić information content (AvgIpc) is 2.78. The Kier molecular flexibility index (Phi) is 7.34. The minimum Gasteiger partial charge on any atom is -0.497 e. The highest BCUT2D eigenvalue weighted by Gasteiger charge is 2.32. The molecule has 0 aromatic heterocycles. The summed E-state index contributed by atoms with van der Waals surface area (Å²) in [6, 6.07) is 19.2. The fraction of sp³-hybridized carbons (Fsp3) is 0.240. The fourth-order valence-electron chi connectivity index (χ4n) is 3.26. The molecule has 3 aromatic carbocycles. The second-order valence-corrected chi connectivity index (χ2v) is 10.6. The van der Waals surface area contributed by atoms with Crippen LogP contribution in [0.3, 0.4) is 0 Å². The van der Waals surface area contributed by atoms with Gasteiger partial charge in [-0.2, -0.15) is 4.31 Å². The third-order valence-corrected chi connectivity index (χ3v) is 6.95. The smallest absolute Gasteiger partial charge is 0.278 e. The summed E-state index contributed by atoms with van der Waals surface area (Å²) in [4.78, 5) is 13.2. The number of sulfonamides is 1. The molecule has 0 spiro atoms. The number of amides is 1. The standard InChI is InChI=1S/C25H26ClNO5S/c1-25(2,3)22-7-5-6-8-23(22)32-17-24(28)27(19-11-13-20(31-4)14-12-19)33(29,30)21-15-9-18(26)10-16-21/h5-16H,17H2,1-4H3. The van der Waals surface area contributed by atoms with Crippen LogP contribution >= 0.6 is 11.6 Å². The highest BCUT2D eigenvalue weighted by molar-refractivity contribution is 7.93. The zero-order chi connectivity index (χ0) is 24.2. The van der Waals surface area contributed by atoms with E-state index in [0.717, 1.165) is 9.87 Å². The van der Waals surface area contributed by atoms with Gasteiger partial charge in [-0.1, -0.05) is 50.6 Å². The average molecular weight is 488 g/mol. The summed E-state index contributed by atoms with van der Waals surface area (Å²) < 4.78 is 38.6. The van der Waals surface area contributed by atoms with E-state index in [-0.39, 0.29) is 16.0 Å². The minimum atomic E-state index is -4.23.